The molecular weight excluding hydrogens is 190 g/mol. The second-order valence-corrected chi connectivity index (χ2v) is 4.60. The number of aliphatic hydroxyl groups is 1. The van der Waals surface area contributed by atoms with Crippen LogP contribution in [-0.2, 0) is 13.5 Å². The minimum absolute atomic E-state index is 0.162. The topological polar surface area (TPSA) is 41.3 Å². The van der Waals surface area contributed by atoms with Crippen LogP contribution in [0.15, 0.2) is 12.4 Å². The van der Waals surface area contributed by atoms with Crippen LogP contribution < -0.4 is 0 Å². The van der Waals surface area contributed by atoms with Gasteiger partial charge in [0.25, 0.3) is 0 Å². The van der Waals surface area contributed by atoms with E-state index in [4.69, 9.17) is 0 Å². The van der Waals surface area contributed by atoms with Crippen molar-refractivity contribution in [3.8, 4) is 0 Å². The van der Waals surface area contributed by atoms with Crippen LogP contribution in [0.2, 0.25) is 0 Å². The van der Waals surface area contributed by atoms with E-state index in [2.05, 4.69) is 9.88 Å². The number of aliphatic hydroxyl groups excluding tert-OH is 1. The fourth-order valence-electron chi connectivity index (χ4n) is 1.33. The molecule has 0 bridgehead atoms. The number of hydrogen-bond acceptors (Lipinski definition) is 3. The molecule has 0 atom stereocenters. The smallest absolute Gasteiger partial charge is 0.109 e. The Kier molecular flexibility index (Phi) is 3.88. The molecule has 1 aromatic heterocycles. The second-order valence-electron chi connectivity index (χ2n) is 4.60. The number of hydrogen-bond donors (Lipinski definition) is 1. The molecule has 1 rings (SSSR count). The van der Waals surface area contributed by atoms with E-state index in [9.17, 15) is 5.11 Å². The quantitative estimate of drug-likeness (QED) is 0.778. The maximum Gasteiger partial charge on any atom is 0.109 e. The first kappa shape index (κ1) is 12.2. The largest absolute Gasteiger partial charge is 0.394 e. The van der Waals surface area contributed by atoms with Crippen LogP contribution in [0.1, 0.15) is 19.7 Å². The Morgan fingerprint density at radius 3 is 2.67 bits per heavy atom. The van der Waals surface area contributed by atoms with E-state index in [0.717, 1.165) is 18.8 Å². The van der Waals surface area contributed by atoms with E-state index in [0.29, 0.717) is 0 Å². The summed E-state index contributed by atoms with van der Waals surface area (Å²) in [4.78, 5) is 6.42. The van der Waals surface area contributed by atoms with Crippen molar-refractivity contribution in [3.63, 3.8) is 0 Å². The first-order valence-corrected chi connectivity index (χ1v) is 5.25. The maximum absolute atomic E-state index is 9.21. The zero-order valence-corrected chi connectivity index (χ0v) is 10.1. The molecule has 0 aromatic carbocycles. The molecule has 1 heterocycles. The lowest BCUT2D eigenvalue weighted by atomic mass is 10.1. The second kappa shape index (κ2) is 4.77. The van der Waals surface area contributed by atoms with Crippen molar-refractivity contribution in [3.05, 3.63) is 18.2 Å². The monoisotopic (exact) mass is 211 g/mol. The molecule has 1 N–H and O–H groups in total. The first-order valence-electron chi connectivity index (χ1n) is 5.25. The molecule has 0 amide bonds. The van der Waals surface area contributed by atoms with Crippen LogP contribution in [0, 0.1) is 0 Å². The Balaban J connectivity index is 2.48. The molecule has 0 saturated carbocycles. The van der Waals surface area contributed by atoms with Gasteiger partial charge in [-0.05, 0) is 20.9 Å². The zero-order valence-electron chi connectivity index (χ0n) is 10.1. The molecule has 0 unspecified atom stereocenters. The zero-order chi connectivity index (χ0) is 11.5. The fraction of sp³-hybridized carbons (Fsp3) is 0.727. The normalized spacial score (nSPS) is 12.4. The molecule has 0 aliphatic heterocycles. The molecule has 0 fully saturated rings. The van der Waals surface area contributed by atoms with Gasteiger partial charge in [-0.3, -0.25) is 4.90 Å². The van der Waals surface area contributed by atoms with Gasteiger partial charge in [-0.25, -0.2) is 4.98 Å². The number of likely N-dealkylation sites (N-methyl/N-ethyl adjacent to an activating group) is 1. The van der Waals surface area contributed by atoms with Gasteiger partial charge in [0.1, 0.15) is 5.82 Å². The molecule has 0 radical (unpaired) electrons. The predicted molar refractivity (Wildman–Crippen MR) is 60.7 cm³/mol. The average Bonchev–Trinajstić information content (AvgIpc) is 2.60. The highest BCUT2D eigenvalue weighted by molar-refractivity contribution is 4.92. The summed E-state index contributed by atoms with van der Waals surface area (Å²) in [5.41, 5.74) is -0.162. The van der Waals surface area contributed by atoms with Crippen LogP contribution in [-0.4, -0.2) is 45.3 Å². The third-order valence-electron chi connectivity index (χ3n) is 3.01. The Labute approximate surface area is 91.5 Å². The summed E-state index contributed by atoms with van der Waals surface area (Å²) in [5.74, 6) is 1.08. The summed E-state index contributed by atoms with van der Waals surface area (Å²) in [7, 11) is 4.03. The van der Waals surface area contributed by atoms with Crippen molar-refractivity contribution in [2.75, 3.05) is 20.2 Å². The van der Waals surface area contributed by atoms with E-state index in [1.807, 2.05) is 44.9 Å². The maximum atomic E-state index is 9.21. The molecule has 15 heavy (non-hydrogen) atoms. The summed E-state index contributed by atoms with van der Waals surface area (Å²) in [6, 6.07) is 0. The first-order chi connectivity index (χ1) is 6.97. The highest BCUT2D eigenvalue weighted by Gasteiger charge is 2.22. The highest BCUT2D eigenvalue weighted by Crippen LogP contribution is 2.11. The van der Waals surface area contributed by atoms with Crippen molar-refractivity contribution in [2.24, 2.45) is 7.05 Å². The average molecular weight is 211 g/mol. The van der Waals surface area contributed by atoms with E-state index in [1.54, 1.807) is 0 Å². The van der Waals surface area contributed by atoms with Crippen molar-refractivity contribution in [2.45, 2.75) is 25.8 Å². The Morgan fingerprint density at radius 2 is 2.20 bits per heavy atom. The van der Waals surface area contributed by atoms with Gasteiger partial charge in [0.05, 0.1) is 6.61 Å². The SMILES string of the molecule is CN(CCc1nccn1C)C(C)(C)CO. The third-order valence-corrected chi connectivity index (χ3v) is 3.01. The minimum atomic E-state index is -0.162. The number of rotatable bonds is 5. The summed E-state index contributed by atoms with van der Waals surface area (Å²) >= 11 is 0. The summed E-state index contributed by atoms with van der Waals surface area (Å²) in [6.07, 6.45) is 4.67. The van der Waals surface area contributed by atoms with Crippen molar-refractivity contribution >= 4 is 0 Å². The number of nitrogens with zero attached hydrogens (tertiary/aromatic N) is 3. The lowest BCUT2D eigenvalue weighted by Crippen LogP contribution is -2.45. The van der Waals surface area contributed by atoms with Crippen LogP contribution >= 0.6 is 0 Å². The van der Waals surface area contributed by atoms with Crippen LogP contribution in [0.4, 0.5) is 0 Å². The molecular formula is C11H21N3O. The molecule has 86 valence electrons. The van der Waals surface area contributed by atoms with Gasteiger partial charge in [-0.2, -0.15) is 0 Å². The summed E-state index contributed by atoms with van der Waals surface area (Å²) in [5, 5.41) is 9.21. The minimum Gasteiger partial charge on any atom is -0.394 e. The predicted octanol–water partition coefficient (Wildman–Crippen LogP) is 0.665. The van der Waals surface area contributed by atoms with Gasteiger partial charge in [0.2, 0.25) is 0 Å². The van der Waals surface area contributed by atoms with Gasteiger partial charge >= 0.3 is 0 Å². The van der Waals surface area contributed by atoms with Gasteiger partial charge in [-0.1, -0.05) is 0 Å². The number of aryl methyl sites for hydroxylation is 1. The Bertz CT molecular complexity index is 307. The molecule has 0 saturated heterocycles. The number of aromatic nitrogens is 2. The van der Waals surface area contributed by atoms with Gasteiger partial charge in [0.15, 0.2) is 0 Å². The third kappa shape index (κ3) is 3.04. The summed E-state index contributed by atoms with van der Waals surface area (Å²) < 4.78 is 2.03. The van der Waals surface area contributed by atoms with E-state index >= 15 is 0 Å². The molecule has 0 aliphatic rings. The Hall–Kier alpha value is -0.870. The lowest BCUT2D eigenvalue weighted by molar-refractivity contribution is 0.0795. The fourth-order valence-corrected chi connectivity index (χ4v) is 1.33. The lowest BCUT2D eigenvalue weighted by Gasteiger charge is -2.33. The van der Waals surface area contributed by atoms with E-state index < -0.39 is 0 Å². The van der Waals surface area contributed by atoms with E-state index in [-0.39, 0.29) is 12.1 Å². The molecule has 0 aliphatic carbocycles. The van der Waals surface area contributed by atoms with Gasteiger partial charge < -0.3 is 9.67 Å². The Morgan fingerprint density at radius 1 is 1.53 bits per heavy atom. The summed E-state index contributed by atoms with van der Waals surface area (Å²) in [6.45, 7) is 5.14. The van der Waals surface area contributed by atoms with Crippen molar-refractivity contribution < 1.29 is 5.11 Å². The van der Waals surface area contributed by atoms with Gasteiger partial charge in [0, 0.05) is 37.9 Å². The standard InChI is InChI=1S/C11H21N3O/c1-11(2,9-15)14(4)7-5-10-12-6-8-13(10)3/h6,8,15H,5,7,9H2,1-4H3. The van der Waals surface area contributed by atoms with Crippen LogP contribution in [0.25, 0.3) is 0 Å². The van der Waals surface area contributed by atoms with Gasteiger partial charge in [-0.15, -0.1) is 0 Å². The highest BCUT2D eigenvalue weighted by atomic mass is 16.3. The molecule has 0 spiro atoms. The van der Waals surface area contributed by atoms with Crippen molar-refractivity contribution in [1.82, 2.24) is 14.5 Å². The van der Waals surface area contributed by atoms with Crippen LogP contribution in [0.5, 0.6) is 0 Å². The van der Waals surface area contributed by atoms with Crippen LogP contribution in [0.3, 0.4) is 0 Å². The van der Waals surface area contributed by atoms with E-state index in [1.165, 1.54) is 0 Å². The molecule has 4 heteroatoms. The number of imidazole rings is 1. The molecule has 1 aromatic rings. The van der Waals surface area contributed by atoms with Crippen molar-refractivity contribution in [1.29, 1.82) is 0 Å². The molecule has 4 nitrogen and oxygen atoms in total.